The maximum Gasteiger partial charge on any atom is 0.274 e. The fourth-order valence-electron chi connectivity index (χ4n) is 2.84. The van der Waals surface area contributed by atoms with Gasteiger partial charge in [0.25, 0.3) is 5.91 Å². The molecule has 0 aliphatic rings. The second-order valence-corrected chi connectivity index (χ2v) is 8.69. The number of para-hydroxylation sites is 1. The number of hydrogen-bond acceptors (Lipinski definition) is 4. The van der Waals surface area contributed by atoms with Gasteiger partial charge in [0, 0.05) is 25.0 Å². The summed E-state index contributed by atoms with van der Waals surface area (Å²) in [5.41, 5.74) is 1.71. The summed E-state index contributed by atoms with van der Waals surface area (Å²) in [6.45, 7) is 2.49. The first-order valence-corrected chi connectivity index (χ1v) is 10.8. The molecule has 0 bridgehead atoms. The summed E-state index contributed by atoms with van der Waals surface area (Å²) >= 11 is 0. The lowest BCUT2D eigenvalue weighted by Gasteiger charge is -2.17. The summed E-state index contributed by atoms with van der Waals surface area (Å²) in [6.07, 6.45) is 4.79. The van der Waals surface area contributed by atoms with E-state index >= 15 is 0 Å². The van der Waals surface area contributed by atoms with Gasteiger partial charge in [0.2, 0.25) is 10.0 Å². The van der Waals surface area contributed by atoms with E-state index in [1.165, 1.54) is 22.6 Å². The van der Waals surface area contributed by atoms with Gasteiger partial charge in [-0.15, -0.1) is 0 Å². The van der Waals surface area contributed by atoms with Crippen molar-refractivity contribution in [2.75, 3.05) is 18.9 Å². The Morgan fingerprint density at radius 2 is 1.79 bits per heavy atom. The van der Waals surface area contributed by atoms with Crippen LogP contribution in [-0.4, -0.2) is 41.8 Å². The topological polar surface area (TPSA) is 84.3 Å². The Bertz CT molecular complexity index is 1060. The van der Waals surface area contributed by atoms with Crippen LogP contribution in [0, 0.1) is 0 Å². The molecule has 8 heteroatoms. The molecule has 7 nitrogen and oxygen atoms in total. The Morgan fingerprint density at radius 3 is 2.45 bits per heavy atom. The molecule has 2 aromatic carbocycles. The van der Waals surface area contributed by atoms with Crippen LogP contribution in [0.5, 0.6) is 0 Å². The van der Waals surface area contributed by atoms with Gasteiger partial charge in [0.15, 0.2) is 0 Å². The van der Waals surface area contributed by atoms with E-state index in [0.29, 0.717) is 17.9 Å². The highest BCUT2D eigenvalue weighted by Gasteiger charge is 2.20. The first-order chi connectivity index (χ1) is 13.9. The quantitative estimate of drug-likeness (QED) is 0.613. The van der Waals surface area contributed by atoms with Crippen molar-refractivity contribution in [3.05, 3.63) is 72.8 Å². The number of rotatable bonds is 8. The molecule has 0 radical (unpaired) electrons. The molecule has 1 aromatic heterocycles. The molecule has 29 heavy (non-hydrogen) atoms. The van der Waals surface area contributed by atoms with Gasteiger partial charge in [0.05, 0.1) is 17.4 Å². The third kappa shape index (κ3) is 4.72. The smallest absolute Gasteiger partial charge is 0.274 e. The van der Waals surface area contributed by atoms with E-state index < -0.39 is 10.0 Å². The van der Waals surface area contributed by atoms with E-state index in [2.05, 4.69) is 10.3 Å². The van der Waals surface area contributed by atoms with Crippen LogP contribution in [0.3, 0.4) is 0 Å². The van der Waals surface area contributed by atoms with Crippen LogP contribution >= 0.6 is 0 Å². The number of carbonyl (C=O) groups is 1. The second-order valence-electron chi connectivity index (χ2n) is 6.64. The zero-order valence-electron chi connectivity index (χ0n) is 16.4. The molecule has 0 aliphatic heterocycles. The number of hydrogen-bond donors (Lipinski definition) is 1. The molecule has 1 N–H and O–H groups in total. The summed E-state index contributed by atoms with van der Waals surface area (Å²) in [7, 11) is -1.96. The lowest BCUT2D eigenvalue weighted by molar-refractivity contribution is 0.102. The highest BCUT2D eigenvalue weighted by Crippen LogP contribution is 2.19. The number of amides is 1. The Balaban J connectivity index is 1.74. The van der Waals surface area contributed by atoms with E-state index in [1.807, 2.05) is 37.3 Å². The standard InChI is InChI=1S/C21H24N4O3S/c1-3-4-14-24(2)29(27,28)19-12-10-17(11-13-19)23-21(26)20-15-22-16-25(20)18-8-6-5-7-9-18/h5-13,15-16H,3-4,14H2,1-2H3,(H,23,26). The molecular formula is C21H24N4O3S. The number of nitrogens with one attached hydrogen (secondary N) is 1. The van der Waals surface area contributed by atoms with E-state index in [0.717, 1.165) is 18.5 Å². The number of anilines is 1. The number of benzene rings is 2. The molecule has 152 valence electrons. The van der Waals surface area contributed by atoms with Crippen LogP contribution in [0.25, 0.3) is 5.69 Å². The van der Waals surface area contributed by atoms with Gasteiger partial charge in [-0.25, -0.2) is 17.7 Å². The van der Waals surface area contributed by atoms with Crippen molar-refractivity contribution in [1.82, 2.24) is 13.9 Å². The number of carbonyl (C=O) groups excluding carboxylic acids is 1. The largest absolute Gasteiger partial charge is 0.321 e. The maximum absolute atomic E-state index is 12.7. The van der Waals surface area contributed by atoms with Gasteiger partial charge >= 0.3 is 0 Å². The predicted octanol–water partition coefficient (Wildman–Crippen LogP) is 3.55. The van der Waals surface area contributed by atoms with Gasteiger partial charge in [-0.05, 0) is 42.8 Å². The van der Waals surface area contributed by atoms with Crippen molar-refractivity contribution in [1.29, 1.82) is 0 Å². The third-order valence-electron chi connectivity index (χ3n) is 4.55. The monoisotopic (exact) mass is 412 g/mol. The van der Waals surface area contributed by atoms with Crippen LogP contribution in [0.1, 0.15) is 30.3 Å². The Labute approximate surface area is 171 Å². The summed E-state index contributed by atoms with van der Waals surface area (Å²) < 4.78 is 28.2. The number of nitrogens with zero attached hydrogens (tertiary/aromatic N) is 3. The highest BCUT2D eigenvalue weighted by atomic mass is 32.2. The molecule has 0 saturated carbocycles. The molecule has 0 aliphatic carbocycles. The minimum Gasteiger partial charge on any atom is -0.321 e. The third-order valence-corrected chi connectivity index (χ3v) is 6.42. The fourth-order valence-corrected chi connectivity index (χ4v) is 4.05. The van der Waals surface area contributed by atoms with Crippen molar-refractivity contribution < 1.29 is 13.2 Å². The molecule has 0 saturated heterocycles. The summed E-state index contributed by atoms with van der Waals surface area (Å²) in [5.74, 6) is -0.331. The van der Waals surface area contributed by atoms with Crippen molar-refractivity contribution in [3.8, 4) is 5.69 Å². The van der Waals surface area contributed by atoms with Gasteiger partial charge in [-0.1, -0.05) is 31.5 Å². The van der Waals surface area contributed by atoms with Crippen molar-refractivity contribution in [3.63, 3.8) is 0 Å². The van der Waals surface area contributed by atoms with Crippen LogP contribution in [0.4, 0.5) is 5.69 Å². The maximum atomic E-state index is 12.7. The van der Waals surface area contributed by atoms with Crippen LogP contribution in [0.2, 0.25) is 0 Å². The minimum absolute atomic E-state index is 0.198. The molecule has 1 heterocycles. The SMILES string of the molecule is CCCCN(C)S(=O)(=O)c1ccc(NC(=O)c2cncn2-c2ccccc2)cc1. The zero-order valence-corrected chi connectivity index (χ0v) is 17.3. The van der Waals surface area contributed by atoms with E-state index in [9.17, 15) is 13.2 Å². The van der Waals surface area contributed by atoms with Crippen molar-refractivity contribution in [2.45, 2.75) is 24.7 Å². The minimum atomic E-state index is -3.54. The molecule has 0 atom stereocenters. The molecule has 0 spiro atoms. The number of unbranched alkanes of at least 4 members (excludes halogenated alkanes) is 1. The van der Waals surface area contributed by atoms with Crippen LogP contribution in [0.15, 0.2) is 72.0 Å². The van der Waals surface area contributed by atoms with E-state index in [-0.39, 0.29) is 10.8 Å². The van der Waals surface area contributed by atoms with Gasteiger partial charge in [0.1, 0.15) is 5.69 Å². The van der Waals surface area contributed by atoms with Gasteiger partial charge < -0.3 is 5.32 Å². The molecule has 0 fully saturated rings. The Kier molecular flexibility index (Phi) is 6.46. The van der Waals surface area contributed by atoms with Crippen LogP contribution < -0.4 is 5.32 Å². The van der Waals surface area contributed by atoms with Crippen molar-refractivity contribution in [2.24, 2.45) is 0 Å². The molecule has 3 aromatic rings. The predicted molar refractivity (Wildman–Crippen MR) is 113 cm³/mol. The van der Waals surface area contributed by atoms with Crippen molar-refractivity contribution >= 4 is 21.6 Å². The summed E-state index contributed by atoms with van der Waals surface area (Å²) in [5, 5.41) is 2.79. The lowest BCUT2D eigenvalue weighted by Crippen LogP contribution is -2.27. The normalized spacial score (nSPS) is 11.6. The molecular weight excluding hydrogens is 388 g/mol. The van der Waals surface area contributed by atoms with Crippen LogP contribution in [-0.2, 0) is 10.0 Å². The van der Waals surface area contributed by atoms with Gasteiger partial charge in [-0.2, -0.15) is 0 Å². The first kappa shape index (κ1) is 20.8. The molecule has 0 unspecified atom stereocenters. The number of sulfonamides is 1. The molecule has 1 amide bonds. The number of aromatic nitrogens is 2. The summed E-state index contributed by atoms with van der Waals surface area (Å²) in [6, 6.07) is 15.6. The average Bonchev–Trinajstić information content (AvgIpc) is 3.23. The lowest BCUT2D eigenvalue weighted by atomic mass is 10.3. The second kappa shape index (κ2) is 9.02. The Morgan fingerprint density at radius 1 is 1.10 bits per heavy atom. The number of imidazole rings is 1. The molecule has 3 rings (SSSR count). The van der Waals surface area contributed by atoms with E-state index in [4.69, 9.17) is 0 Å². The first-order valence-electron chi connectivity index (χ1n) is 9.39. The highest BCUT2D eigenvalue weighted by molar-refractivity contribution is 7.89. The van der Waals surface area contributed by atoms with Gasteiger partial charge in [-0.3, -0.25) is 9.36 Å². The Hall–Kier alpha value is -2.97. The summed E-state index contributed by atoms with van der Waals surface area (Å²) in [4.78, 5) is 16.9. The average molecular weight is 413 g/mol. The zero-order chi connectivity index (χ0) is 20.9. The fraction of sp³-hybridized carbons (Fsp3) is 0.238. The van der Waals surface area contributed by atoms with E-state index in [1.54, 1.807) is 30.1 Å².